The molecule has 0 radical (unpaired) electrons. The number of rotatable bonds is 5. The SMILES string of the molecule is C[C@@H](NC(=O)c1cc(NC(=O)N(C)C)ccc1N1CCCC1)c1ccccc1. The van der Waals surface area contributed by atoms with Crippen molar-refractivity contribution in [3.63, 3.8) is 0 Å². The van der Waals surface area contributed by atoms with Gasteiger partial charge in [0.15, 0.2) is 0 Å². The van der Waals surface area contributed by atoms with Gasteiger partial charge in [0.25, 0.3) is 5.91 Å². The third-order valence-electron chi connectivity index (χ3n) is 4.99. The van der Waals surface area contributed by atoms with E-state index in [1.807, 2.05) is 49.4 Å². The maximum absolute atomic E-state index is 13.1. The number of carbonyl (C=O) groups is 2. The van der Waals surface area contributed by atoms with Crippen LogP contribution in [0.3, 0.4) is 0 Å². The van der Waals surface area contributed by atoms with Gasteiger partial charge in [-0.3, -0.25) is 4.79 Å². The molecule has 28 heavy (non-hydrogen) atoms. The Morgan fingerprint density at radius 2 is 1.71 bits per heavy atom. The van der Waals surface area contributed by atoms with E-state index in [2.05, 4.69) is 15.5 Å². The molecule has 1 aliphatic rings. The fraction of sp³-hybridized carbons (Fsp3) is 0.364. The van der Waals surface area contributed by atoms with Crippen LogP contribution in [0.4, 0.5) is 16.2 Å². The maximum Gasteiger partial charge on any atom is 0.321 e. The van der Waals surface area contributed by atoms with E-state index in [4.69, 9.17) is 0 Å². The third kappa shape index (κ3) is 4.63. The van der Waals surface area contributed by atoms with Crippen LogP contribution >= 0.6 is 0 Å². The second-order valence-corrected chi connectivity index (χ2v) is 7.36. The summed E-state index contributed by atoms with van der Waals surface area (Å²) < 4.78 is 0. The molecular weight excluding hydrogens is 352 g/mol. The van der Waals surface area contributed by atoms with Gasteiger partial charge in [0, 0.05) is 38.6 Å². The largest absolute Gasteiger partial charge is 0.371 e. The monoisotopic (exact) mass is 380 g/mol. The number of benzene rings is 2. The van der Waals surface area contributed by atoms with Gasteiger partial charge in [0.1, 0.15) is 0 Å². The molecular formula is C22H28N4O2. The fourth-order valence-corrected chi connectivity index (χ4v) is 3.36. The van der Waals surface area contributed by atoms with Crippen molar-refractivity contribution in [3.05, 3.63) is 59.7 Å². The van der Waals surface area contributed by atoms with E-state index >= 15 is 0 Å². The Bertz CT molecular complexity index is 830. The van der Waals surface area contributed by atoms with Crippen LogP contribution in [0.5, 0.6) is 0 Å². The van der Waals surface area contributed by atoms with Gasteiger partial charge in [-0.1, -0.05) is 30.3 Å². The fourth-order valence-electron chi connectivity index (χ4n) is 3.36. The highest BCUT2D eigenvalue weighted by Crippen LogP contribution is 2.28. The summed E-state index contributed by atoms with van der Waals surface area (Å²) in [6, 6.07) is 15.1. The molecule has 1 fully saturated rings. The zero-order valence-electron chi connectivity index (χ0n) is 16.7. The van der Waals surface area contributed by atoms with Crippen LogP contribution in [-0.4, -0.2) is 44.0 Å². The Balaban J connectivity index is 1.86. The molecule has 0 spiro atoms. The normalized spacial score (nSPS) is 14.5. The van der Waals surface area contributed by atoms with Crippen molar-refractivity contribution < 1.29 is 9.59 Å². The molecule has 3 rings (SSSR count). The third-order valence-corrected chi connectivity index (χ3v) is 4.99. The Labute approximate surface area is 166 Å². The molecule has 0 saturated carbocycles. The number of nitrogens with zero attached hydrogens (tertiary/aromatic N) is 2. The van der Waals surface area contributed by atoms with Crippen LogP contribution in [0.15, 0.2) is 48.5 Å². The van der Waals surface area contributed by atoms with Gasteiger partial charge in [-0.15, -0.1) is 0 Å². The molecule has 2 aromatic carbocycles. The highest BCUT2D eigenvalue weighted by atomic mass is 16.2. The van der Waals surface area contributed by atoms with Gasteiger partial charge in [0.2, 0.25) is 0 Å². The van der Waals surface area contributed by atoms with Crippen LogP contribution in [-0.2, 0) is 0 Å². The van der Waals surface area contributed by atoms with Crippen molar-refractivity contribution in [1.82, 2.24) is 10.2 Å². The van der Waals surface area contributed by atoms with Crippen molar-refractivity contribution >= 4 is 23.3 Å². The van der Waals surface area contributed by atoms with Gasteiger partial charge >= 0.3 is 6.03 Å². The predicted octanol–water partition coefficient (Wildman–Crippen LogP) is 3.87. The van der Waals surface area contributed by atoms with Crippen LogP contribution < -0.4 is 15.5 Å². The first-order valence-electron chi connectivity index (χ1n) is 9.69. The first-order valence-corrected chi connectivity index (χ1v) is 9.69. The van der Waals surface area contributed by atoms with E-state index in [0.29, 0.717) is 11.3 Å². The number of anilines is 2. The van der Waals surface area contributed by atoms with Gasteiger partial charge in [-0.05, 0) is 43.5 Å². The van der Waals surface area contributed by atoms with Crippen LogP contribution in [0.2, 0.25) is 0 Å². The maximum atomic E-state index is 13.1. The zero-order valence-corrected chi connectivity index (χ0v) is 16.7. The van der Waals surface area contributed by atoms with Crippen molar-refractivity contribution in [3.8, 4) is 0 Å². The van der Waals surface area contributed by atoms with Crippen LogP contribution in [0.25, 0.3) is 0 Å². The molecule has 6 heteroatoms. The summed E-state index contributed by atoms with van der Waals surface area (Å²) in [5.74, 6) is -0.140. The Kier molecular flexibility index (Phi) is 6.19. The lowest BCUT2D eigenvalue weighted by molar-refractivity contribution is 0.0940. The second-order valence-electron chi connectivity index (χ2n) is 7.36. The molecule has 148 valence electrons. The Hall–Kier alpha value is -3.02. The smallest absolute Gasteiger partial charge is 0.321 e. The lowest BCUT2D eigenvalue weighted by Crippen LogP contribution is -2.30. The average Bonchev–Trinajstić information content (AvgIpc) is 3.23. The Morgan fingerprint density at radius 1 is 1.04 bits per heavy atom. The number of carbonyl (C=O) groups excluding carboxylic acids is 2. The quantitative estimate of drug-likeness (QED) is 0.828. The van der Waals surface area contributed by atoms with Crippen LogP contribution in [0, 0.1) is 0 Å². The lowest BCUT2D eigenvalue weighted by Gasteiger charge is -2.23. The number of nitrogens with one attached hydrogen (secondary N) is 2. The average molecular weight is 380 g/mol. The summed E-state index contributed by atoms with van der Waals surface area (Å²) in [7, 11) is 3.37. The lowest BCUT2D eigenvalue weighted by atomic mass is 10.1. The highest BCUT2D eigenvalue weighted by Gasteiger charge is 2.22. The summed E-state index contributed by atoms with van der Waals surface area (Å²) in [6.45, 7) is 3.86. The van der Waals surface area contributed by atoms with Crippen molar-refractivity contribution in [2.75, 3.05) is 37.4 Å². The summed E-state index contributed by atoms with van der Waals surface area (Å²) in [4.78, 5) is 28.8. The summed E-state index contributed by atoms with van der Waals surface area (Å²) >= 11 is 0. The zero-order chi connectivity index (χ0) is 20.1. The molecule has 2 N–H and O–H groups in total. The van der Waals surface area contributed by atoms with E-state index < -0.39 is 0 Å². The first kappa shape index (κ1) is 19.7. The summed E-state index contributed by atoms with van der Waals surface area (Å²) in [5.41, 5.74) is 3.16. The van der Waals surface area contributed by atoms with E-state index in [0.717, 1.165) is 37.2 Å². The highest BCUT2D eigenvalue weighted by molar-refractivity contribution is 6.02. The summed E-state index contributed by atoms with van der Waals surface area (Å²) in [6.07, 6.45) is 2.25. The summed E-state index contributed by atoms with van der Waals surface area (Å²) in [5, 5.41) is 5.92. The van der Waals surface area contributed by atoms with E-state index in [-0.39, 0.29) is 18.0 Å². The van der Waals surface area contributed by atoms with E-state index in [1.54, 1.807) is 20.2 Å². The molecule has 6 nitrogen and oxygen atoms in total. The molecule has 0 unspecified atom stereocenters. The number of hydrogen-bond acceptors (Lipinski definition) is 3. The molecule has 0 bridgehead atoms. The van der Waals surface area contributed by atoms with Gasteiger partial charge in [0.05, 0.1) is 11.6 Å². The predicted molar refractivity (Wildman–Crippen MR) is 113 cm³/mol. The molecule has 0 aliphatic carbocycles. The molecule has 1 atom stereocenters. The molecule has 1 saturated heterocycles. The van der Waals surface area contributed by atoms with Crippen molar-refractivity contribution in [2.45, 2.75) is 25.8 Å². The molecule has 0 aromatic heterocycles. The van der Waals surface area contributed by atoms with Gasteiger partial charge in [-0.25, -0.2) is 4.79 Å². The minimum atomic E-state index is -0.224. The van der Waals surface area contributed by atoms with E-state index in [1.165, 1.54) is 4.90 Å². The van der Waals surface area contributed by atoms with Crippen molar-refractivity contribution in [2.24, 2.45) is 0 Å². The standard InChI is InChI=1S/C22H28N4O2/c1-16(17-9-5-4-6-10-17)23-21(27)19-15-18(24-22(28)25(2)3)11-12-20(19)26-13-7-8-14-26/h4-6,9-12,15-16H,7-8,13-14H2,1-3H3,(H,23,27)(H,24,28)/t16-/m1/s1. The minimum absolute atomic E-state index is 0.111. The molecule has 1 heterocycles. The van der Waals surface area contributed by atoms with Gasteiger partial charge < -0.3 is 20.4 Å². The molecule has 3 amide bonds. The number of amides is 3. The van der Waals surface area contributed by atoms with Gasteiger partial charge in [-0.2, -0.15) is 0 Å². The first-order chi connectivity index (χ1) is 13.5. The molecule has 2 aromatic rings. The topological polar surface area (TPSA) is 64.7 Å². The number of hydrogen-bond donors (Lipinski definition) is 2. The number of urea groups is 1. The minimum Gasteiger partial charge on any atom is -0.371 e. The Morgan fingerprint density at radius 3 is 2.36 bits per heavy atom. The second kappa shape index (κ2) is 8.78. The van der Waals surface area contributed by atoms with E-state index in [9.17, 15) is 9.59 Å². The van der Waals surface area contributed by atoms with Crippen molar-refractivity contribution in [1.29, 1.82) is 0 Å². The molecule has 1 aliphatic heterocycles. The van der Waals surface area contributed by atoms with Crippen LogP contribution in [0.1, 0.15) is 41.7 Å².